The average molecular weight is 230 g/mol. The van der Waals surface area contributed by atoms with Gasteiger partial charge in [0.25, 0.3) is 0 Å². The SMILES string of the molecule is Cc1cc(C)c2nc(C3CCCNC3)oc2c1. The predicted molar refractivity (Wildman–Crippen MR) is 68.3 cm³/mol. The minimum atomic E-state index is 0.441. The van der Waals surface area contributed by atoms with Gasteiger partial charge in [-0.3, -0.25) is 0 Å². The van der Waals surface area contributed by atoms with Crippen LogP contribution in [0.25, 0.3) is 11.1 Å². The molecular weight excluding hydrogens is 212 g/mol. The summed E-state index contributed by atoms with van der Waals surface area (Å²) in [7, 11) is 0. The van der Waals surface area contributed by atoms with Crippen LogP contribution in [-0.4, -0.2) is 18.1 Å². The molecule has 0 spiro atoms. The highest BCUT2D eigenvalue weighted by Gasteiger charge is 2.21. The summed E-state index contributed by atoms with van der Waals surface area (Å²) in [6.07, 6.45) is 2.39. The first-order valence-electron chi connectivity index (χ1n) is 6.32. The van der Waals surface area contributed by atoms with Gasteiger partial charge < -0.3 is 9.73 Å². The van der Waals surface area contributed by atoms with Crippen molar-refractivity contribution in [3.63, 3.8) is 0 Å². The number of piperidine rings is 1. The van der Waals surface area contributed by atoms with Crippen LogP contribution in [-0.2, 0) is 0 Å². The van der Waals surface area contributed by atoms with E-state index in [2.05, 4.69) is 36.3 Å². The molecule has 1 aromatic heterocycles. The third kappa shape index (κ3) is 1.95. The number of aromatic nitrogens is 1. The molecule has 3 rings (SSSR count). The maximum Gasteiger partial charge on any atom is 0.199 e. The lowest BCUT2D eigenvalue weighted by molar-refractivity contribution is 0.387. The Hall–Kier alpha value is -1.35. The van der Waals surface area contributed by atoms with Gasteiger partial charge >= 0.3 is 0 Å². The number of hydrogen-bond donors (Lipinski definition) is 1. The summed E-state index contributed by atoms with van der Waals surface area (Å²) in [5.41, 5.74) is 4.40. The fourth-order valence-corrected chi connectivity index (χ4v) is 2.62. The van der Waals surface area contributed by atoms with Gasteiger partial charge in [-0.2, -0.15) is 0 Å². The Morgan fingerprint density at radius 1 is 1.35 bits per heavy atom. The molecule has 2 aromatic rings. The normalized spacial score (nSPS) is 20.9. The van der Waals surface area contributed by atoms with Crippen molar-refractivity contribution in [1.82, 2.24) is 10.3 Å². The van der Waals surface area contributed by atoms with Crippen LogP contribution in [0.4, 0.5) is 0 Å². The summed E-state index contributed by atoms with van der Waals surface area (Å²) in [4.78, 5) is 4.67. The van der Waals surface area contributed by atoms with Crippen molar-refractivity contribution >= 4 is 11.1 Å². The van der Waals surface area contributed by atoms with Crippen molar-refractivity contribution in [3.8, 4) is 0 Å². The monoisotopic (exact) mass is 230 g/mol. The molecular formula is C14H18N2O. The molecule has 3 nitrogen and oxygen atoms in total. The number of rotatable bonds is 1. The molecule has 1 aliphatic rings. The third-order valence-electron chi connectivity index (χ3n) is 3.49. The first kappa shape index (κ1) is 10.8. The van der Waals surface area contributed by atoms with Crippen molar-refractivity contribution in [1.29, 1.82) is 0 Å². The van der Waals surface area contributed by atoms with Crippen LogP contribution < -0.4 is 5.32 Å². The highest BCUT2D eigenvalue weighted by Crippen LogP contribution is 2.28. The van der Waals surface area contributed by atoms with Gasteiger partial charge in [0, 0.05) is 12.5 Å². The summed E-state index contributed by atoms with van der Waals surface area (Å²) >= 11 is 0. The van der Waals surface area contributed by atoms with Crippen LogP contribution in [0, 0.1) is 13.8 Å². The lowest BCUT2D eigenvalue weighted by atomic mass is 10.00. The second kappa shape index (κ2) is 4.15. The van der Waals surface area contributed by atoms with Gasteiger partial charge in [0.15, 0.2) is 11.5 Å². The molecule has 90 valence electrons. The molecule has 0 bridgehead atoms. The van der Waals surface area contributed by atoms with Crippen molar-refractivity contribution in [2.75, 3.05) is 13.1 Å². The number of aryl methyl sites for hydroxylation is 2. The standard InChI is InChI=1S/C14H18N2O/c1-9-6-10(2)13-12(7-9)17-14(16-13)11-4-3-5-15-8-11/h6-7,11,15H,3-5,8H2,1-2H3. The lowest BCUT2D eigenvalue weighted by Crippen LogP contribution is -2.28. The molecule has 1 unspecified atom stereocenters. The van der Waals surface area contributed by atoms with Gasteiger partial charge in [-0.25, -0.2) is 4.98 Å². The third-order valence-corrected chi connectivity index (χ3v) is 3.49. The van der Waals surface area contributed by atoms with Gasteiger partial charge in [0.1, 0.15) is 5.52 Å². The number of nitrogens with zero attached hydrogens (tertiary/aromatic N) is 1. The Bertz CT molecular complexity index is 538. The highest BCUT2D eigenvalue weighted by molar-refractivity contribution is 5.77. The highest BCUT2D eigenvalue weighted by atomic mass is 16.3. The summed E-state index contributed by atoms with van der Waals surface area (Å²) in [5, 5.41) is 3.40. The number of fused-ring (bicyclic) bond motifs is 1. The fourth-order valence-electron chi connectivity index (χ4n) is 2.62. The average Bonchev–Trinajstić information content (AvgIpc) is 2.74. The van der Waals surface area contributed by atoms with Crippen molar-refractivity contribution in [2.45, 2.75) is 32.6 Å². The van der Waals surface area contributed by atoms with Crippen LogP contribution >= 0.6 is 0 Å². The van der Waals surface area contributed by atoms with E-state index in [1.807, 2.05) is 0 Å². The fraction of sp³-hybridized carbons (Fsp3) is 0.500. The number of nitrogens with one attached hydrogen (secondary N) is 1. The number of benzene rings is 1. The molecule has 1 fully saturated rings. The van der Waals surface area contributed by atoms with E-state index in [1.54, 1.807) is 0 Å². The number of oxazole rings is 1. The first-order valence-corrected chi connectivity index (χ1v) is 6.32. The van der Waals surface area contributed by atoms with Crippen LogP contribution in [0.2, 0.25) is 0 Å². The van der Waals surface area contributed by atoms with Crippen LogP contribution in [0.5, 0.6) is 0 Å². The van der Waals surface area contributed by atoms with E-state index in [9.17, 15) is 0 Å². The van der Waals surface area contributed by atoms with E-state index in [1.165, 1.54) is 24.0 Å². The minimum Gasteiger partial charge on any atom is -0.440 e. The lowest BCUT2D eigenvalue weighted by Gasteiger charge is -2.19. The zero-order chi connectivity index (χ0) is 11.8. The van der Waals surface area contributed by atoms with E-state index in [-0.39, 0.29) is 0 Å². The molecule has 2 heterocycles. The van der Waals surface area contributed by atoms with Gasteiger partial charge in [-0.05, 0) is 50.4 Å². The molecule has 0 saturated carbocycles. The van der Waals surface area contributed by atoms with Crippen molar-refractivity contribution in [3.05, 3.63) is 29.2 Å². The smallest absolute Gasteiger partial charge is 0.199 e. The van der Waals surface area contributed by atoms with Crippen molar-refractivity contribution in [2.24, 2.45) is 0 Å². The topological polar surface area (TPSA) is 38.1 Å². The van der Waals surface area contributed by atoms with Crippen molar-refractivity contribution < 1.29 is 4.42 Å². The van der Waals surface area contributed by atoms with E-state index >= 15 is 0 Å². The Labute approximate surface area is 101 Å². The maximum atomic E-state index is 5.92. The molecule has 3 heteroatoms. The van der Waals surface area contributed by atoms with Gasteiger partial charge in [-0.15, -0.1) is 0 Å². The summed E-state index contributed by atoms with van der Waals surface area (Å²) < 4.78 is 5.92. The molecule has 1 aromatic carbocycles. The molecule has 0 radical (unpaired) electrons. The zero-order valence-corrected chi connectivity index (χ0v) is 10.4. The van der Waals surface area contributed by atoms with Crippen LogP contribution in [0.3, 0.4) is 0 Å². The molecule has 1 aliphatic heterocycles. The number of hydrogen-bond acceptors (Lipinski definition) is 3. The maximum absolute atomic E-state index is 5.92. The Kier molecular flexibility index (Phi) is 2.63. The second-order valence-electron chi connectivity index (χ2n) is 5.02. The van der Waals surface area contributed by atoms with E-state index in [0.717, 1.165) is 30.1 Å². The minimum absolute atomic E-state index is 0.441. The predicted octanol–water partition coefficient (Wildman–Crippen LogP) is 2.91. The first-order chi connectivity index (χ1) is 8.24. The van der Waals surface area contributed by atoms with Gasteiger partial charge in [-0.1, -0.05) is 6.07 Å². The largest absolute Gasteiger partial charge is 0.440 e. The van der Waals surface area contributed by atoms with Gasteiger partial charge in [0.2, 0.25) is 0 Å². The van der Waals surface area contributed by atoms with Crippen LogP contribution in [0.15, 0.2) is 16.5 Å². The molecule has 1 saturated heterocycles. The Morgan fingerprint density at radius 3 is 3.00 bits per heavy atom. The molecule has 17 heavy (non-hydrogen) atoms. The van der Waals surface area contributed by atoms with E-state index < -0.39 is 0 Å². The van der Waals surface area contributed by atoms with Crippen LogP contribution in [0.1, 0.15) is 35.8 Å². The quantitative estimate of drug-likeness (QED) is 0.818. The summed E-state index contributed by atoms with van der Waals surface area (Å²) in [6.45, 7) is 6.30. The van der Waals surface area contributed by atoms with E-state index in [0.29, 0.717) is 5.92 Å². The van der Waals surface area contributed by atoms with E-state index in [4.69, 9.17) is 4.42 Å². The second-order valence-corrected chi connectivity index (χ2v) is 5.02. The Morgan fingerprint density at radius 2 is 2.24 bits per heavy atom. The molecule has 1 atom stereocenters. The molecule has 1 N–H and O–H groups in total. The Balaban J connectivity index is 2.03. The molecule has 0 amide bonds. The summed E-state index contributed by atoms with van der Waals surface area (Å²) in [5.74, 6) is 1.34. The zero-order valence-electron chi connectivity index (χ0n) is 10.4. The van der Waals surface area contributed by atoms with Gasteiger partial charge in [0.05, 0.1) is 0 Å². The summed E-state index contributed by atoms with van der Waals surface area (Å²) in [6, 6.07) is 4.24. The molecule has 0 aliphatic carbocycles.